The van der Waals surface area contributed by atoms with Crippen LogP contribution in [0, 0.1) is 0 Å². The summed E-state index contributed by atoms with van der Waals surface area (Å²) >= 11 is 9.28. The third-order valence-corrected chi connectivity index (χ3v) is 3.27. The lowest BCUT2D eigenvalue weighted by Crippen LogP contribution is -1.66. The monoisotopic (exact) mass is 248 g/mol. The van der Waals surface area contributed by atoms with Crippen LogP contribution in [0.3, 0.4) is 0 Å². The summed E-state index contributed by atoms with van der Waals surface area (Å²) < 4.78 is 0. The first kappa shape index (κ1) is 14.2. The van der Waals surface area contributed by atoms with Crippen molar-refractivity contribution in [3.05, 3.63) is 29.3 Å². The van der Waals surface area contributed by atoms with Crippen molar-refractivity contribution in [1.82, 2.24) is 0 Å². The number of halogens is 1. The van der Waals surface area contributed by atoms with E-state index in [0.717, 1.165) is 5.02 Å². The predicted octanol–water partition coefficient (Wildman–Crippen LogP) is 4.82. The van der Waals surface area contributed by atoms with Gasteiger partial charge in [-0.25, -0.2) is 0 Å². The van der Waals surface area contributed by atoms with Crippen molar-refractivity contribution in [2.24, 2.45) is 0 Å². The number of thioether (sulfide) groups is 2. The highest BCUT2D eigenvalue weighted by Gasteiger charge is 1.86. The molecule has 0 unspecified atom stereocenters. The molecule has 80 valence electrons. The Morgan fingerprint density at radius 3 is 2.00 bits per heavy atom. The lowest BCUT2D eigenvalue weighted by molar-refractivity contribution is 1.11. The van der Waals surface area contributed by atoms with Gasteiger partial charge in [0, 0.05) is 9.92 Å². The molecule has 0 radical (unpaired) electrons. The van der Waals surface area contributed by atoms with Gasteiger partial charge in [-0.3, -0.25) is 0 Å². The highest BCUT2D eigenvalue weighted by atomic mass is 35.5. The standard InChI is InChI=1S/C7H7ClS.C4H10S/c1-9-7-4-2-6(8)3-5-7;1-3-4-5-2/h2-5H,1H3;3-4H2,1-2H3. The number of hydrogen-bond acceptors (Lipinski definition) is 2. The average molecular weight is 249 g/mol. The van der Waals surface area contributed by atoms with Crippen LogP contribution < -0.4 is 0 Å². The molecule has 0 saturated carbocycles. The van der Waals surface area contributed by atoms with Crippen LogP contribution in [-0.2, 0) is 0 Å². The van der Waals surface area contributed by atoms with Gasteiger partial charge in [-0.1, -0.05) is 18.5 Å². The molecule has 1 rings (SSSR count). The van der Waals surface area contributed by atoms with E-state index in [2.05, 4.69) is 13.2 Å². The van der Waals surface area contributed by atoms with Gasteiger partial charge in [0.15, 0.2) is 0 Å². The average Bonchev–Trinajstić information content (AvgIpc) is 2.21. The van der Waals surface area contributed by atoms with Crippen LogP contribution in [0.1, 0.15) is 13.3 Å². The zero-order chi connectivity index (χ0) is 10.8. The molecule has 0 atom stereocenters. The van der Waals surface area contributed by atoms with Crippen molar-refractivity contribution >= 4 is 35.1 Å². The summed E-state index contributed by atoms with van der Waals surface area (Å²) in [6.07, 6.45) is 5.48. The summed E-state index contributed by atoms with van der Waals surface area (Å²) in [4.78, 5) is 1.25. The van der Waals surface area contributed by atoms with E-state index >= 15 is 0 Å². The molecule has 0 bridgehead atoms. The number of benzene rings is 1. The minimum absolute atomic E-state index is 0.799. The van der Waals surface area contributed by atoms with Crippen molar-refractivity contribution in [2.45, 2.75) is 18.2 Å². The van der Waals surface area contributed by atoms with Gasteiger partial charge >= 0.3 is 0 Å². The molecule has 0 fully saturated rings. The highest BCUT2D eigenvalue weighted by Crippen LogP contribution is 2.16. The van der Waals surface area contributed by atoms with E-state index in [0.29, 0.717) is 0 Å². The molecule has 1 aromatic carbocycles. The first-order chi connectivity index (χ1) is 6.74. The fraction of sp³-hybridized carbons (Fsp3) is 0.455. The van der Waals surface area contributed by atoms with Crippen LogP contribution in [0.4, 0.5) is 0 Å². The Hall–Kier alpha value is 0.210. The van der Waals surface area contributed by atoms with Gasteiger partial charge < -0.3 is 0 Å². The van der Waals surface area contributed by atoms with Crippen LogP contribution in [0.2, 0.25) is 5.02 Å². The van der Waals surface area contributed by atoms with Crippen molar-refractivity contribution in [2.75, 3.05) is 18.3 Å². The molecule has 0 N–H and O–H groups in total. The molecule has 0 nitrogen and oxygen atoms in total. The maximum absolute atomic E-state index is 5.66. The smallest absolute Gasteiger partial charge is 0.0406 e. The van der Waals surface area contributed by atoms with E-state index in [4.69, 9.17) is 11.6 Å². The van der Waals surface area contributed by atoms with Crippen LogP contribution in [-0.4, -0.2) is 18.3 Å². The summed E-state index contributed by atoms with van der Waals surface area (Å²) in [7, 11) is 0. The Morgan fingerprint density at radius 1 is 1.14 bits per heavy atom. The third-order valence-electron chi connectivity index (χ3n) is 1.46. The molecular formula is C11H17ClS2. The fourth-order valence-electron chi connectivity index (χ4n) is 0.775. The molecule has 0 amide bonds. The molecule has 14 heavy (non-hydrogen) atoms. The Morgan fingerprint density at radius 2 is 1.71 bits per heavy atom. The highest BCUT2D eigenvalue weighted by molar-refractivity contribution is 7.98. The minimum atomic E-state index is 0.799. The second-order valence-corrected chi connectivity index (χ2v) is 4.95. The van der Waals surface area contributed by atoms with E-state index in [1.54, 1.807) is 11.8 Å². The van der Waals surface area contributed by atoms with Crippen LogP contribution in [0.15, 0.2) is 29.2 Å². The van der Waals surface area contributed by atoms with Crippen molar-refractivity contribution in [3.8, 4) is 0 Å². The van der Waals surface area contributed by atoms with Crippen molar-refractivity contribution < 1.29 is 0 Å². The first-order valence-electron chi connectivity index (χ1n) is 4.53. The molecule has 0 aliphatic carbocycles. The predicted molar refractivity (Wildman–Crippen MR) is 71.9 cm³/mol. The van der Waals surface area contributed by atoms with Gasteiger partial charge in [0.25, 0.3) is 0 Å². The van der Waals surface area contributed by atoms with E-state index in [-0.39, 0.29) is 0 Å². The largest absolute Gasteiger partial charge is 0.165 e. The summed E-state index contributed by atoms with van der Waals surface area (Å²) in [6, 6.07) is 7.81. The van der Waals surface area contributed by atoms with Gasteiger partial charge in [-0.05, 0) is 49.0 Å². The Labute approximate surface area is 101 Å². The topological polar surface area (TPSA) is 0 Å². The van der Waals surface area contributed by atoms with Crippen LogP contribution >= 0.6 is 35.1 Å². The maximum Gasteiger partial charge on any atom is 0.0406 e. The summed E-state index contributed by atoms with van der Waals surface area (Å²) in [5, 5.41) is 0.799. The quantitative estimate of drug-likeness (QED) is 0.704. The molecule has 0 saturated heterocycles. The lowest BCUT2D eigenvalue weighted by atomic mass is 10.4. The minimum Gasteiger partial charge on any atom is -0.165 e. The molecule has 0 aliphatic rings. The van der Waals surface area contributed by atoms with E-state index < -0.39 is 0 Å². The summed E-state index contributed by atoms with van der Waals surface area (Å²) in [5.41, 5.74) is 0. The SMILES string of the molecule is CCCSC.CSc1ccc(Cl)cc1. The van der Waals surface area contributed by atoms with Crippen LogP contribution in [0.25, 0.3) is 0 Å². The van der Waals surface area contributed by atoms with Crippen LogP contribution in [0.5, 0.6) is 0 Å². The summed E-state index contributed by atoms with van der Waals surface area (Å²) in [5.74, 6) is 1.31. The van der Waals surface area contributed by atoms with Crippen molar-refractivity contribution in [3.63, 3.8) is 0 Å². The normalized spacial score (nSPS) is 9.14. The second kappa shape index (κ2) is 9.75. The number of rotatable bonds is 3. The van der Waals surface area contributed by atoms with Gasteiger partial charge in [0.2, 0.25) is 0 Å². The Bertz CT molecular complexity index is 219. The zero-order valence-corrected chi connectivity index (χ0v) is 11.3. The molecule has 3 heteroatoms. The molecule has 0 aromatic heterocycles. The van der Waals surface area contributed by atoms with Gasteiger partial charge in [-0.2, -0.15) is 11.8 Å². The van der Waals surface area contributed by atoms with Gasteiger partial charge in [0.05, 0.1) is 0 Å². The lowest BCUT2D eigenvalue weighted by Gasteiger charge is -1.92. The number of hydrogen-bond donors (Lipinski definition) is 0. The molecular weight excluding hydrogens is 232 g/mol. The maximum atomic E-state index is 5.66. The molecule has 1 aromatic rings. The molecule has 0 spiro atoms. The second-order valence-electron chi connectivity index (χ2n) is 2.65. The van der Waals surface area contributed by atoms with Gasteiger partial charge in [-0.15, -0.1) is 11.8 Å². The Balaban J connectivity index is 0.000000292. The van der Waals surface area contributed by atoms with E-state index in [1.165, 1.54) is 17.1 Å². The summed E-state index contributed by atoms with van der Waals surface area (Å²) in [6.45, 7) is 2.19. The Kier molecular flexibility index (Phi) is 9.90. The van der Waals surface area contributed by atoms with Gasteiger partial charge in [0.1, 0.15) is 0 Å². The molecule has 0 aliphatic heterocycles. The fourth-order valence-corrected chi connectivity index (χ4v) is 1.72. The molecule has 0 heterocycles. The third kappa shape index (κ3) is 7.60. The van der Waals surface area contributed by atoms with E-state index in [1.807, 2.05) is 42.3 Å². The van der Waals surface area contributed by atoms with E-state index in [9.17, 15) is 0 Å². The van der Waals surface area contributed by atoms with Crippen molar-refractivity contribution in [1.29, 1.82) is 0 Å². The zero-order valence-electron chi connectivity index (χ0n) is 8.92. The first-order valence-corrected chi connectivity index (χ1v) is 7.52.